The second-order valence-electron chi connectivity index (χ2n) is 7.53. The van der Waals surface area contributed by atoms with Crippen LogP contribution in [-0.2, 0) is 9.53 Å². The lowest BCUT2D eigenvalue weighted by Gasteiger charge is -2.40. The van der Waals surface area contributed by atoms with Crippen molar-refractivity contribution in [3.8, 4) is 17.9 Å². The third-order valence-corrected chi connectivity index (χ3v) is 4.96. The van der Waals surface area contributed by atoms with Crippen LogP contribution in [0, 0.1) is 34.5 Å². The molecule has 0 bridgehead atoms. The van der Waals surface area contributed by atoms with E-state index in [9.17, 15) is 4.79 Å². The molecule has 1 aliphatic rings. The Bertz CT molecular complexity index is 788. The molecule has 1 unspecified atom stereocenters. The number of esters is 1. The smallest absolute Gasteiger partial charge is 0.306 e. The number of hydrogen-bond donors (Lipinski definition) is 0. The zero-order valence-corrected chi connectivity index (χ0v) is 16.0. The SMILES string of the molecule is CC(C)OC(=O)CC1CCC/C(=C\C#Cc2cc(C#N)ccn2)C1(C)C. The van der Waals surface area contributed by atoms with Gasteiger partial charge in [0.2, 0.25) is 0 Å². The molecule has 0 amide bonds. The number of hydrogen-bond acceptors (Lipinski definition) is 4. The fourth-order valence-electron chi connectivity index (χ4n) is 3.38. The average molecular weight is 350 g/mol. The first kappa shape index (κ1) is 19.7. The molecule has 4 heteroatoms. The molecule has 1 heterocycles. The highest BCUT2D eigenvalue weighted by molar-refractivity contribution is 5.70. The molecular weight excluding hydrogens is 324 g/mol. The van der Waals surface area contributed by atoms with Crippen LogP contribution in [0.25, 0.3) is 0 Å². The molecule has 2 rings (SSSR count). The van der Waals surface area contributed by atoms with Crippen molar-refractivity contribution in [3.05, 3.63) is 41.2 Å². The van der Waals surface area contributed by atoms with Gasteiger partial charge in [-0.05, 0) is 68.6 Å². The fourth-order valence-corrected chi connectivity index (χ4v) is 3.38. The predicted molar refractivity (Wildman–Crippen MR) is 101 cm³/mol. The molecule has 4 nitrogen and oxygen atoms in total. The van der Waals surface area contributed by atoms with Crippen LogP contribution < -0.4 is 0 Å². The monoisotopic (exact) mass is 350 g/mol. The lowest BCUT2D eigenvalue weighted by molar-refractivity contribution is -0.149. The summed E-state index contributed by atoms with van der Waals surface area (Å²) in [6, 6.07) is 5.43. The van der Waals surface area contributed by atoms with E-state index in [1.807, 2.05) is 19.9 Å². The minimum Gasteiger partial charge on any atom is -0.463 e. The van der Waals surface area contributed by atoms with E-state index in [2.05, 4.69) is 36.7 Å². The van der Waals surface area contributed by atoms with Crippen molar-refractivity contribution >= 4 is 5.97 Å². The molecule has 0 saturated heterocycles. The van der Waals surface area contributed by atoms with E-state index in [1.54, 1.807) is 18.3 Å². The number of nitriles is 1. The minimum absolute atomic E-state index is 0.0771. The van der Waals surface area contributed by atoms with Gasteiger partial charge >= 0.3 is 5.97 Å². The summed E-state index contributed by atoms with van der Waals surface area (Å²) in [5.41, 5.74) is 2.31. The first-order chi connectivity index (χ1) is 12.3. The zero-order valence-electron chi connectivity index (χ0n) is 16.0. The summed E-state index contributed by atoms with van der Waals surface area (Å²) >= 11 is 0. The van der Waals surface area contributed by atoms with E-state index in [-0.39, 0.29) is 23.4 Å². The third-order valence-electron chi connectivity index (χ3n) is 4.96. The standard InChI is InChI=1S/C22H26N2O2/c1-16(2)26-21(25)14-19-9-5-7-18(22(19,3)4)8-6-10-20-13-17(15-23)11-12-24-20/h8,11-13,16,19H,5,7,9,14H2,1-4H3/b18-8+. The van der Waals surface area contributed by atoms with E-state index in [0.29, 0.717) is 17.7 Å². The second kappa shape index (κ2) is 8.68. The number of carbonyl (C=O) groups is 1. The second-order valence-corrected chi connectivity index (χ2v) is 7.53. The number of pyridine rings is 1. The zero-order chi connectivity index (χ0) is 19.2. The highest BCUT2D eigenvalue weighted by atomic mass is 16.5. The average Bonchev–Trinajstić information content (AvgIpc) is 2.57. The molecule has 136 valence electrons. The summed E-state index contributed by atoms with van der Waals surface area (Å²) in [5.74, 6) is 6.23. The molecule has 0 radical (unpaired) electrons. The molecule has 0 aliphatic heterocycles. The minimum atomic E-state index is -0.122. The molecular formula is C22H26N2O2. The van der Waals surface area contributed by atoms with Crippen LogP contribution in [0.5, 0.6) is 0 Å². The largest absolute Gasteiger partial charge is 0.463 e. The van der Waals surface area contributed by atoms with Crippen molar-refractivity contribution in [2.75, 3.05) is 0 Å². The summed E-state index contributed by atoms with van der Waals surface area (Å²) in [6.07, 6.45) is 6.99. The summed E-state index contributed by atoms with van der Waals surface area (Å²) in [4.78, 5) is 16.2. The Morgan fingerprint density at radius 2 is 2.27 bits per heavy atom. The Hall–Kier alpha value is -2.59. The van der Waals surface area contributed by atoms with Gasteiger partial charge in [0.25, 0.3) is 0 Å². The maximum atomic E-state index is 12.1. The van der Waals surface area contributed by atoms with Crippen LogP contribution in [0.2, 0.25) is 0 Å². The van der Waals surface area contributed by atoms with Crippen molar-refractivity contribution < 1.29 is 9.53 Å². The Kier molecular flexibility index (Phi) is 6.58. The van der Waals surface area contributed by atoms with Crippen molar-refractivity contribution in [2.45, 2.75) is 59.5 Å². The maximum absolute atomic E-state index is 12.1. The van der Waals surface area contributed by atoms with Crippen LogP contribution in [-0.4, -0.2) is 17.1 Å². The number of carbonyl (C=O) groups excluding carboxylic acids is 1. The molecule has 1 aliphatic carbocycles. The topological polar surface area (TPSA) is 63.0 Å². The van der Waals surface area contributed by atoms with Crippen LogP contribution in [0.3, 0.4) is 0 Å². The van der Waals surface area contributed by atoms with E-state index >= 15 is 0 Å². The molecule has 0 aromatic carbocycles. The molecule has 0 spiro atoms. The van der Waals surface area contributed by atoms with Crippen molar-refractivity contribution in [1.29, 1.82) is 5.26 Å². The van der Waals surface area contributed by atoms with Crippen molar-refractivity contribution in [2.24, 2.45) is 11.3 Å². The number of ether oxygens (including phenoxy) is 1. The molecule has 1 atom stereocenters. The Balaban J connectivity index is 2.13. The van der Waals surface area contributed by atoms with E-state index in [0.717, 1.165) is 19.3 Å². The number of nitrogens with zero attached hydrogens (tertiary/aromatic N) is 2. The van der Waals surface area contributed by atoms with E-state index < -0.39 is 0 Å². The van der Waals surface area contributed by atoms with Crippen LogP contribution in [0.15, 0.2) is 30.0 Å². The highest BCUT2D eigenvalue weighted by Crippen LogP contribution is 2.46. The Morgan fingerprint density at radius 1 is 1.50 bits per heavy atom. The Morgan fingerprint density at radius 3 is 2.96 bits per heavy atom. The van der Waals surface area contributed by atoms with Gasteiger partial charge in [-0.3, -0.25) is 4.79 Å². The van der Waals surface area contributed by atoms with Gasteiger partial charge in [-0.1, -0.05) is 25.3 Å². The van der Waals surface area contributed by atoms with Crippen molar-refractivity contribution in [3.63, 3.8) is 0 Å². The normalized spacial score (nSPS) is 20.2. The summed E-state index contributed by atoms with van der Waals surface area (Å²) in [7, 11) is 0. The lowest BCUT2D eigenvalue weighted by Crippen LogP contribution is -2.32. The summed E-state index contributed by atoms with van der Waals surface area (Å²) in [6.45, 7) is 8.11. The number of rotatable bonds is 3. The van der Waals surface area contributed by atoms with Gasteiger partial charge in [0.1, 0.15) is 5.69 Å². The van der Waals surface area contributed by atoms with Gasteiger partial charge in [0.05, 0.1) is 17.7 Å². The van der Waals surface area contributed by atoms with Crippen LogP contribution in [0.1, 0.15) is 64.6 Å². The molecule has 1 aromatic heterocycles. The first-order valence-corrected chi connectivity index (χ1v) is 9.09. The molecule has 0 N–H and O–H groups in total. The van der Waals surface area contributed by atoms with Gasteiger partial charge in [-0.2, -0.15) is 5.26 Å². The number of aromatic nitrogens is 1. The van der Waals surface area contributed by atoms with Gasteiger partial charge < -0.3 is 4.74 Å². The third kappa shape index (κ3) is 5.20. The molecule has 1 saturated carbocycles. The maximum Gasteiger partial charge on any atom is 0.306 e. The molecule has 1 aromatic rings. The number of allylic oxidation sites excluding steroid dienone is 2. The van der Waals surface area contributed by atoms with Gasteiger partial charge in [-0.15, -0.1) is 0 Å². The van der Waals surface area contributed by atoms with Crippen LogP contribution in [0.4, 0.5) is 0 Å². The van der Waals surface area contributed by atoms with E-state index in [4.69, 9.17) is 10.00 Å². The summed E-state index contributed by atoms with van der Waals surface area (Å²) < 4.78 is 5.32. The van der Waals surface area contributed by atoms with Crippen molar-refractivity contribution in [1.82, 2.24) is 4.98 Å². The Labute approximate surface area is 156 Å². The summed E-state index contributed by atoms with van der Waals surface area (Å²) in [5, 5.41) is 8.94. The molecule has 1 fully saturated rings. The molecule has 26 heavy (non-hydrogen) atoms. The first-order valence-electron chi connectivity index (χ1n) is 9.09. The highest BCUT2D eigenvalue weighted by Gasteiger charge is 2.37. The van der Waals surface area contributed by atoms with E-state index in [1.165, 1.54) is 5.57 Å². The quantitative estimate of drug-likeness (QED) is 0.599. The van der Waals surface area contributed by atoms with Gasteiger partial charge in [-0.25, -0.2) is 4.98 Å². The van der Waals surface area contributed by atoms with Gasteiger partial charge in [0, 0.05) is 12.6 Å². The fraction of sp³-hybridized carbons (Fsp3) is 0.500. The van der Waals surface area contributed by atoms with Gasteiger partial charge in [0.15, 0.2) is 0 Å². The lowest BCUT2D eigenvalue weighted by atomic mass is 9.64. The van der Waals surface area contributed by atoms with Crippen LogP contribution >= 0.6 is 0 Å². The predicted octanol–water partition coefficient (Wildman–Crippen LogP) is 4.40.